The average molecular weight is 240 g/mol. The third kappa shape index (κ3) is 4.40. The van der Waals surface area contributed by atoms with Crippen LogP contribution in [0.15, 0.2) is 18.2 Å². The molecule has 0 aliphatic heterocycles. The number of primary amides is 1. The highest BCUT2D eigenvalue weighted by Crippen LogP contribution is 2.14. The van der Waals surface area contributed by atoms with E-state index in [9.17, 15) is 9.18 Å². The standard InChI is InChI=1S/C12H17FN2O2/c13-11-5-4-9(8-10(11)12(14)17)15-6-2-1-3-7-16/h4-5,8,15-16H,1-3,6-7H2,(H2,14,17). The van der Waals surface area contributed by atoms with E-state index in [4.69, 9.17) is 10.8 Å². The van der Waals surface area contributed by atoms with Crippen LogP contribution in [0.4, 0.5) is 10.1 Å². The fraction of sp³-hybridized carbons (Fsp3) is 0.417. The van der Waals surface area contributed by atoms with E-state index in [1.54, 1.807) is 6.07 Å². The van der Waals surface area contributed by atoms with Crippen molar-refractivity contribution in [1.29, 1.82) is 0 Å². The molecule has 1 rings (SSSR count). The van der Waals surface area contributed by atoms with E-state index in [0.29, 0.717) is 12.2 Å². The molecule has 4 nitrogen and oxygen atoms in total. The maximum atomic E-state index is 13.2. The monoisotopic (exact) mass is 240 g/mol. The average Bonchev–Trinajstić information content (AvgIpc) is 2.30. The van der Waals surface area contributed by atoms with Crippen LogP contribution in [-0.4, -0.2) is 24.2 Å². The van der Waals surface area contributed by atoms with E-state index in [-0.39, 0.29) is 12.2 Å². The molecule has 0 atom stereocenters. The minimum absolute atomic E-state index is 0.106. The first-order chi connectivity index (χ1) is 8.15. The number of hydrogen-bond acceptors (Lipinski definition) is 3. The van der Waals surface area contributed by atoms with Gasteiger partial charge in [-0.25, -0.2) is 4.39 Å². The molecule has 0 radical (unpaired) electrons. The normalized spacial score (nSPS) is 10.2. The highest BCUT2D eigenvalue weighted by atomic mass is 19.1. The van der Waals surface area contributed by atoms with Crippen molar-refractivity contribution >= 4 is 11.6 Å². The van der Waals surface area contributed by atoms with Crippen LogP contribution in [0.2, 0.25) is 0 Å². The van der Waals surface area contributed by atoms with Crippen LogP contribution < -0.4 is 11.1 Å². The number of halogens is 1. The summed E-state index contributed by atoms with van der Waals surface area (Å²) in [5.41, 5.74) is 5.61. The van der Waals surface area contributed by atoms with E-state index in [1.807, 2.05) is 0 Å². The van der Waals surface area contributed by atoms with Crippen LogP contribution in [0.3, 0.4) is 0 Å². The maximum Gasteiger partial charge on any atom is 0.251 e. The van der Waals surface area contributed by atoms with Crippen molar-refractivity contribution in [3.05, 3.63) is 29.6 Å². The lowest BCUT2D eigenvalue weighted by Gasteiger charge is -2.07. The predicted molar refractivity (Wildman–Crippen MR) is 64.3 cm³/mol. The Kier molecular flexibility index (Phi) is 5.42. The second-order valence-electron chi connectivity index (χ2n) is 3.77. The van der Waals surface area contributed by atoms with Crippen molar-refractivity contribution in [3.63, 3.8) is 0 Å². The zero-order valence-electron chi connectivity index (χ0n) is 9.58. The molecule has 1 aromatic carbocycles. The molecule has 0 unspecified atom stereocenters. The second-order valence-corrected chi connectivity index (χ2v) is 3.77. The summed E-state index contributed by atoms with van der Waals surface area (Å²) < 4.78 is 13.2. The molecule has 94 valence electrons. The number of unbranched alkanes of at least 4 members (excludes halogenated alkanes) is 2. The van der Waals surface area contributed by atoms with Gasteiger partial charge in [-0.3, -0.25) is 4.79 Å². The van der Waals surface area contributed by atoms with E-state index < -0.39 is 11.7 Å². The molecule has 0 fully saturated rings. The fourth-order valence-electron chi connectivity index (χ4n) is 1.47. The van der Waals surface area contributed by atoms with Crippen molar-refractivity contribution in [2.24, 2.45) is 5.73 Å². The second kappa shape index (κ2) is 6.85. The van der Waals surface area contributed by atoms with Crippen molar-refractivity contribution in [3.8, 4) is 0 Å². The summed E-state index contributed by atoms with van der Waals surface area (Å²) >= 11 is 0. The van der Waals surface area contributed by atoms with E-state index in [1.165, 1.54) is 12.1 Å². The van der Waals surface area contributed by atoms with Gasteiger partial charge in [0.2, 0.25) is 0 Å². The summed E-state index contributed by atoms with van der Waals surface area (Å²) in [6.07, 6.45) is 2.61. The molecular formula is C12H17FN2O2. The zero-order valence-corrected chi connectivity index (χ0v) is 9.58. The lowest BCUT2D eigenvalue weighted by molar-refractivity contribution is 0.0996. The summed E-state index contributed by atoms with van der Waals surface area (Å²) in [4.78, 5) is 10.9. The minimum Gasteiger partial charge on any atom is -0.396 e. The predicted octanol–water partition coefficient (Wildman–Crippen LogP) is 1.50. The number of aliphatic hydroxyl groups is 1. The van der Waals surface area contributed by atoms with E-state index in [0.717, 1.165) is 19.3 Å². The molecule has 0 saturated heterocycles. The van der Waals surface area contributed by atoms with Crippen LogP contribution in [0.5, 0.6) is 0 Å². The Balaban J connectivity index is 2.49. The lowest BCUT2D eigenvalue weighted by atomic mass is 10.1. The van der Waals surface area contributed by atoms with Gasteiger partial charge in [-0.2, -0.15) is 0 Å². The molecule has 0 aliphatic carbocycles. The molecular weight excluding hydrogens is 223 g/mol. The molecule has 5 heteroatoms. The van der Waals surface area contributed by atoms with Crippen LogP contribution >= 0.6 is 0 Å². The van der Waals surface area contributed by atoms with Crippen LogP contribution in [0, 0.1) is 5.82 Å². The number of nitrogens with two attached hydrogens (primary N) is 1. The fourth-order valence-corrected chi connectivity index (χ4v) is 1.47. The third-order valence-corrected chi connectivity index (χ3v) is 2.40. The molecule has 0 aliphatic rings. The molecule has 1 aromatic rings. The highest BCUT2D eigenvalue weighted by molar-refractivity contribution is 5.94. The number of amides is 1. The Bertz CT molecular complexity index is 383. The molecule has 1 amide bonds. The molecule has 17 heavy (non-hydrogen) atoms. The quantitative estimate of drug-likeness (QED) is 0.632. The van der Waals surface area contributed by atoms with Gasteiger partial charge in [-0.1, -0.05) is 0 Å². The number of carbonyl (C=O) groups excluding carboxylic acids is 1. The molecule has 0 bridgehead atoms. The highest BCUT2D eigenvalue weighted by Gasteiger charge is 2.08. The minimum atomic E-state index is -0.772. The SMILES string of the molecule is NC(=O)c1cc(NCCCCCO)ccc1F. The van der Waals surface area contributed by atoms with Gasteiger partial charge in [-0.15, -0.1) is 0 Å². The van der Waals surface area contributed by atoms with Gasteiger partial charge in [0.1, 0.15) is 5.82 Å². The molecule has 0 spiro atoms. The third-order valence-electron chi connectivity index (χ3n) is 2.40. The number of aliphatic hydroxyl groups excluding tert-OH is 1. The van der Waals surface area contributed by atoms with Crippen LogP contribution in [-0.2, 0) is 0 Å². The number of anilines is 1. The molecule has 0 heterocycles. The van der Waals surface area contributed by atoms with Gasteiger partial charge in [0, 0.05) is 18.8 Å². The van der Waals surface area contributed by atoms with Gasteiger partial charge in [0.25, 0.3) is 5.91 Å². The van der Waals surface area contributed by atoms with Gasteiger partial charge in [0.15, 0.2) is 0 Å². The van der Waals surface area contributed by atoms with Crippen molar-refractivity contribution < 1.29 is 14.3 Å². The van der Waals surface area contributed by atoms with Crippen LogP contribution in [0.25, 0.3) is 0 Å². The zero-order chi connectivity index (χ0) is 12.7. The van der Waals surface area contributed by atoms with Gasteiger partial charge in [0.05, 0.1) is 5.56 Å². The summed E-state index contributed by atoms with van der Waals surface area (Å²) in [6.45, 7) is 0.909. The summed E-state index contributed by atoms with van der Waals surface area (Å²) in [5, 5.41) is 11.7. The Hall–Kier alpha value is -1.62. The largest absolute Gasteiger partial charge is 0.396 e. The van der Waals surface area contributed by atoms with Crippen molar-refractivity contribution in [2.75, 3.05) is 18.5 Å². The molecule has 4 N–H and O–H groups in total. The molecule has 0 aromatic heterocycles. The summed E-state index contributed by atoms with van der Waals surface area (Å²) in [5.74, 6) is -1.38. The first-order valence-corrected chi connectivity index (χ1v) is 5.59. The Morgan fingerprint density at radius 1 is 1.35 bits per heavy atom. The van der Waals surface area contributed by atoms with Gasteiger partial charge >= 0.3 is 0 Å². The Morgan fingerprint density at radius 3 is 2.76 bits per heavy atom. The maximum absolute atomic E-state index is 13.2. The number of hydrogen-bond donors (Lipinski definition) is 3. The first-order valence-electron chi connectivity index (χ1n) is 5.59. The van der Waals surface area contributed by atoms with Crippen molar-refractivity contribution in [2.45, 2.75) is 19.3 Å². The number of rotatable bonds is 7. The van der Waals surface area contributed by atoms with E-state index in [2.05, 4.69) is 5.32 Å². The lowest BCUT2D eigenvalue weighted by Crippen LogP contribution is -2.14. The first kappa shape index (κ1) is 13.4. The van der Waals surface area contributed by atoms with E-state index >= 15 is 0 Å². The Morgan fingerprint density at radius 2 is 2.12 bits per heavy atom. The topological polar surface area (TPSA) is 75.4 Å². The number of nitrogens with one attached hydrogen (secondary N) is 1. The smallest absolute Gasteiger partial charge is 0.251 e. The summed E-state index contributed by atoms with van der Waals surface area (Å²) in [7, 11) is 0. The number of carbonyl (C=O) groups is 1. The number of benzene rings is 1. The van der Waals surface area contributed by atoms with Gasteiger partial charge in [-0.05, 0) is 37.5 Å². The molecule has 0 saturated carbocycles. The van der Waals surface area contributed by atoms with Crippen LogP contribution in [0.1, 0.15) is 29.6 Å². The van der Waals surface area contributed by atoms with Gasteiger partial charge < -0.3 is 16.2 Å². The van der Waals surface area contributed by atoms with Crippen molar-refractivity contribution in [1.82, 2.24) is 0 Å². The Labute approximate surface area is 99.6 Å². The summed E-state index contributed by atoms with van der Waals surface area (Å²) in [6, 6.07) is 4.19.